The lowest BCUT2D eigenvalue weighted by Gasteiger charge is -2.20. The van der Waals surface area contributed by atoms with E-state index in [2.05, 4.69) is 15.3 Å². The number of anilines is 3. The first kappa shape index (κ1) is 18.3. The number of nitrogens with one attached hydrogen (secondary N) is 1. The molecule has 1 aromatic heterocycles. The summed E-state index contributed by atoms with van der Waals surface area (Å²) in [6.45, 7) is 3.97. The van der Waals surface area contributed by atoms with Gasteiger partial charge in [-0.05, 0) is 56.3 Å². The van der Waals surface area contributed by atoms with E-state index in [0.717, 1.165) is 11.4 Å². The largest absolute Gasteiger partial charge is 0.324 e. The number of rotatable bonds is 6. The molecule has 0 unspecified atom stereocenters. The Hall–Kier alpha value is -3.54. The van der Waals surface area contributed by atoms with E-state index in [4.69, 9.17) is 0 Å². The lowest BCUT2D eigenvalue weighted by Crippen LogP contribution is -2.31. The molecule has 0 atom stereocenters. The first-order chi connectivity index (χ1) is 13.1. The smallest absolute Gasteiger partial charge is 0.277 e. The highest BCUT2D eigenvalue weighted by atomic mass is 16.2. The Morgan fingerprint density at radius 2 is 1.70 bits per heavy atom. The van der Waals surface area contributed by atoms with E-state index in [1.165, 1.54) is 6.92 Å². The first-order valence-electron chi connectivity index (χ1n) is 8.66. The molecule has 0 spiro atoms. The fourth-order valence-corrected chi connectivity index (χ4v) is 2.65. The van der Waals surface area contributed by atoms with Gasteiger partial charge < -0.3 is 10.2 Å². The Morgan fingerprint density at radius 1 is 1.00 bits per heavy atom. The van der Waals surface area contributed by atoms with Crippen molar-refractivity contribution < 1.29 is 9.59 Å². The summed E-state index contributed by atoms with van der Waals surface area (Å²) in [5, 5.41) is 3.06. The van der Waals surface area contributed by atoms with Crippen LogP contribution in [0.5, 0.6) is 0 Å². The lowest BCUT2D eigenvalue weighted by molar-refractivity contribution is 0.0981. The maximum Gasteiger partial charge on any atom is 0.277 e. The molecule has 0 bridgehead atoms. The van der Waals surface area contributed by atoms with E-state index in [9.17, 15) is 9.59 Å². The Bertz CT molecular complexity index is 940. The summed E-state index contributed by atoms with van der Waals surface area (Å²) in [5.41, 5.74) is 2.49. The van der Waals surface area contributed by atoms with E-state index < -0.39 is 0 Å². The maximum absolute atomic E-state index is 12.9. The van der Waals surface area contributed by atoms with Crippen molar-refractivity contribution in [2.24, 2.45) is 0 Å². The summed E-state index contributed by atoms with van der Waals surface area (Å²) in [6.07, 6.45) is 1.55. The topological polar surface area (TPSA) is 75.2 Å². The highest BCUT2D eigenvalue weighted by Crippen LogP contribution is 2.18. The third kappa shape index (κ3) is 4.36. The number of hydrogen-bond acceptors (Lipinski definition) is 5. The predicted molar refractivity (Wildman–Crippen MR) is 106 cm³/mol. The van der Waals surface area contributed by atoms with Gasteiger partial charge in [-0.15, -0.1) is 0 Å². The molecule has 0 saturated carbocycles. The number of nitrogens with zero attached hydrogens (tertiary/aromatic N) is 3. The highest BCUT2D eigenvalue weighted by molar-refractivity contribution is 6.04. The van der Waals surface area contributed by atoms with Gasteiger partial charge in [0, 0.05) is 29.7 Å². The van der Waals surface area contributed by atoms with Crippen LogP contribution < -0.4 is 10.2 Å². The minimum atomic E-state index is -0.193. The second kappa shape index (κ2) is 8.23. The molecule has 2 aromatic carbocycles. The molecule has 0 aliphatic rings. The van der Waals surface area contributed by atoms with Crippen molar-refractivity contribution >= 4 is 29.0 Å². The number of amides is 1. The molecule has 0 aliphatic heterocycles. The average Bonchev–Trinajstić information content (AvgIpc) is 2.70. The molecule has 27 heavy (non-hydrogen) atoms. The van der Waals surface area contributed by atoms with Gasteiger partial charge in [0.1, 0.15) is 5.69 Å². The third-order valence-electron chi connectivity index (χ3n) is 4.05. The standard InChI is InChI=1S/C21H20N4O2/c1-3-25(18-7-5-4-6-8-18)20(27)19-13-14-22-21(24-19)23-17-11-9-16(10-12-17)15(2)26/h4-14H,3H2,1-2H3,(H,22,23,24). The predicted octanol–water partition coefficient (Wildman–Crippen LogP) is 4.09. The van der Waals surface area contributed by atoms with Crippen LogP contribution >= 0.6 is 0 Å². The second-order valence-corrected chi connectivity index (χ2v) is 5.91. The molecule has 6 heteroatoms. The molecular weight excluding hydrogens is 340 g/mol. The summed E-state index contributed by atoms with van der Waals surface area (Å²) in [4.78, 5) is 34.4. The van der Waals surface area contributed by atoms with E-state index in [1.807, 2.05) is 37.3 Å². The van der Waals surface area contributed by atoms with Crippen LogP contribution in [0.4, 0.5) is 17.3 Å². The number of aromatic nitrogens is 2. The van der Waals surface area contributed by atoms with Crippen LogP contribution in [-0.4, -0.2) is 28.2 Å². The number of para-hydroxylation sites is 1. The van der Waals surface area contributed by atoms with Crippen LogP contribution in [0.1, 0.15) is 34.7 Å². The van der Waals surface area contributed by atoms with Gasteiger partial charge in [-0.25, -0.2) is 9.97 Å². The van der Waals surface area contributed by atoms with Crippen LogP contribution in [-0.2, 0) is 0 Å². The quantitative estimate of drug-likeness (QED) is 0.670. The van der Waals surface area contributed by atoms with E-state index in [0.29, 0.717) is 23.8 Å². The van der Waals surface area contributed by atoms with E-state index in [-0.39, 0.29) is 11.7 Å². The third-order valence-corrected chi connectivity index (χ3v) is 4.05. The van der Waals surface area contributed by atoms with Crippen molar-refractivity contribution in [3.8, 4) is 0 Å². The normalized spacial score (nSPS) is 10.3. The van der Waals surface area contributed by atoms with Crippen LogP contribution in [0.15, 0.2) is 66.9 Å². The minimum absolute atomic E-state index is 0.00552. The van der Waals surface area contributed by atoms with Crippen LogP contribution in [0, 0.1) is 0 Å². The van der Waals surface area contributed by atoms with Gasteiger partial charge in [-0.3, -0.25) is 9.59 Å². The van der Waals surface area contributed by atoms with Gasteiger partial charge in [0.2, 0.25) is 5.95 Å². The number of ketones is 1. The zero-order valence-corrected chi connectivity index (χ0v) is 15.2. The fraction of sp³-hybridized carbons (Fsp3) is 0.143. The van der Waals surface area contributed by atoms with Crippen molar-refractivity contribution in [2.75, 3.05) is 16.8 Å². The van der Waals surface area contributed by atoms with Gasteiger partial charge in [0.25, 0.3) is 5.91 Å². The van der Waals surface area contributed by atoms with Crippen molar-refractivity contribution in [3.63, 3.8) is 0 Å². The van der Waals surface area contributed by atoms with Crippen LogP contribution in [0.2, 0.25) is 0 Å². The molecule has 0 aliphatic carbocycles. The van der Waals surface area contributed by atoms with Gasteiger partial charge >= 0.3 is 0 Å². The van der Waals surface area contributed by atoms with Crippen LogP contribution in [0.3, 0.4) is 0 Å². The SMILES string of the molecule is CCN(C(=O)c1ccnc(Nc2ccc(C(C)=O)cc2)n1)c1ccccc1. The molecule has 1 heterocycles. The first-order valence-corrected chi connectivity index (χ1v) is 8.66. The maximum atomic E-state index is 12.9. The van der Waals surface area contributed by atoms with Gasteiger partial charge in [0.05, 0.1) is 0 Å². The van der Waals surface area contributed by atoms with Gasteiger partial charge in [-0.1, -0.05) is 18.2 Å². The second-order valence-electron chi connectivity index (χ2n) is 5.91. The Balaban J connectivity index is 1.80. The summed E-state index contributed by atoms with van der Waals surface area (Å²) in [5.74, 6) is 0.132. The van der Waals surface area contributed by atoms with E-state index >= 15 is 0 Å². The molecule has 0 fully saturated rings. The monoisotopic (exact) mass is 360 g/mol. The molecule has 3 rings (SSSR count). The zero-order chi connectivity index (χ0) is 19.2. The lowest BCUT2D eigenvalue weighted by atomic mass is 10.1. The number of hydrogen-bond donors (Lipinski definition) is 1. The zero-order valence-electron chi connectivity index (χ0n) is 15.2. The summed E-state index contributed by atoms with van der Waals surface area (Å²) >= 11 is 0. The minimum Gasteiger partial charge on any atom is -0.324 e. The van der Waals surface area contributed by atoms with Crippen LogP contribution in [0.25, 0.3) is 0 Å². The Labute approximate surface area is 157 Å². The van der Waals surface area contributed by atoms with Crippen molar-refractivity contribution in [1.29, 1.82) is 0 Å². The molecule has 136 valence electrons. The summed E-state index contributed by atoms with van der Waals surface area (Å²) < 4.78 is 0. The molecule has 0 saturated heterocycles. The van der Waals surface area contributed by atoms with Gasteiger partial charge in [-0.2, -0.15) is 0 Å². The van der Waals surface area contributed by atoms with Crippen molar-refractivity contribution in [3.05, 3.63) is 78.1 Å². The average molecular weight is 360 g/mol. The molecule has 0 radical (unpaired) electrons. The number of benzene rings is 2. The molecule has 3 aromatic rings. The van der Waals surface area contributed by atoms with Crippen molar-refractivity contribution in [1.82, 2.24) is 9.97 Å². The molecule has 6 nitrogen and oxygen atoms in total. The summed E-state index contributed by atoms with van der Waals surface area (Å²) in [6, 6.07) is 18.1. The Morgan fingerprint density at radius 3 is 2.33 bits per heavy atom. The number of carbonyl (C=O) groups is 2. The molecule has 1 amide bonds. The van der Waals surface area contributed by atoms with Crippen molar-refractivity contribution in [2.45, 2.75) is 13.8 Å². The number of Topliss-reactive ketones (excluding diaryl/α,β-unsaturated/α-hetero) is 1. The highest BCUT2D eigenvalue weighted by Gasteiger charge is 2.18. The number of carbonyl (C=O) groups excluding carboxylic acids is 2. The molecule has 1 N–H and O–H groups in total. The van der Waals surface area contributed by atoms with E-state index in [1.54, 1.807) is 41.4 Å². The fourth-order valence-electron chi connectivity index (χ4n) is 2.65. The Kier molecular flexibility index (Phi) is 5.56. The summed E-state index contributed by atoms with van der Waals surface area (Å²) in [7, 11) is 0. The van der Waals surface area contributed by atoms with Gasteiger partial charge in [0.15, 0.2) is 5.78 Å². The molecular formula is C21H20N4O2.